The van der Waals surface area contributed by atoms with Crippen molar-refractivity contribution in [1.82, 2.24) is 0 Å². The average Bonchev–Trinajstić information content (AvgIpc) is 2.16. The highest BCUT2D eigenvalue weighted by atomic mass is 14.6. The van der Waals surface area contributed by atoms with E-state index in [1.807, 2.05) is 0 Å². The van der Waals surface area contributed by atoms with Gasteiger partial charge in [0.2, 0.25) is 0 Å². The quantitative estimate of drug-likeness (QED) is 0.662. The minimum Gasteiger partial charge on any atom is -0.330 e. The molecular weight excluding hydrogens is 170 g/mol. The molecule has 0 saturated heterocycles. The van der Waals surface area contributed by atoms with Crippen LogP contribution in [0, 0.1) is 17.3 Å². The summed E-state index contributed by atoms with van der Waals surface area (Å²) in [5.41, 5.74) is 6.26. The smallest absolute Gasteiger partial charge is 0.00462 e. The van der Waals surface area contributed by atoms with E-state index >= 15 is 0 Å². The molecule has 86 valence electrons. The van der Waals surface area contributed by atoms with E-state index in [2.05, 4.69) is 34.6 Å². The lowest BCUT2D eigenvalue weighted by atomic mass is 9.69. The maximum absolute atomic E-state index is 5.81. The number of hydrogen-bond acceptors (Lipinski definition) is 1. The summed E-state index contributed by atoms with van der Waals surface area (Å²) in [6, 6.07) is 0. The summed E-state index contributed by atoms with van der Waals surface area (Å²) in [4.78, 5) is 0. The minimum atomic E-state index is 0.454. The Morgan fingerprint density at radius 3 is 2.14 bits per heavy atom. The van der Waals surface area contributed by atoms with Crippen molar-refractivity contribution in [1.29, 1.82) is 0 Å². The van der Waals surface area contributed by atoms with Crippen LogP contribution in [0.25, 0.3) is 0 Å². The third-order valence-electron chi connectivity index (χ3n) is 3.94. The van der Waals surface area contributed by atoms with E-state index in [0.29, 0.717) is 11.3 Å². The Labute approximate surface area is 90.5 Å². The van der Waals surface area contributed by atoms with Crippen molar-refractivity contribution in [2.45, 2.75) is 60.3 Å². The molecule has 0 aromatic carbocycles. The minimum absolute atomic E-state index is 0.454. The molecule has 2 unspecified atom stereocenters. The zero-order chi connectivity index (χ0) is 11.2. The number of unbranched alkanes of at least 4 members (excludes halogenated alkanes) is 1. The van der Waals surface area contributed by atoms with Crippen LogP contribution in [0.15, 0.2) is 0 Å². The van der Waals surface area contributed by atoms with E-state index in [4.69, 9.17) is 5.73 Å². The standard InChI is InChI=1S/C13H29N/c1-6-8-9-13(4,5)11(3)12(7-2)10-14/h11-12H,6-10,14H2,1-5H3. The van der Waals surface area contributed by atoms with Crippen LogP contribution in [0.4, 0.5) is 0 Å². The Kier molecular flexibility index (Phi) is 6.43. The largest absolute Gasteiger partial charge is 0.330 e. The second kappa shape index (κ2) is 6.44. The molecule has 0 radical (unpaired) electrons. The SMILES string of the molecule is CCCCC(C)(C)C(C)C(CC)CN. The summed E-state index contributed by atoms with van der Waals surface area (Å²) in [5, 5.41) is 0. The molecule has 0 aromatic rings. The molecule has 1 nitrogen and oxygen atoms in total. The van der Waals surface area contributed by atoms with Crippen LogP contribution in [0.3, 0.4) is 0 Å². The van der Waals surface area contributed by atoms with Crippen molar-refractivity contribution >= 4 is 0 Å². The first-order chi connectivity index (χ1) is 6.49. The van der Waals surface area contributed by atoms with Crippen molar-refractivity contribution < 1.29 is 0 Å². The summed E-state index contributed by atoms with van der Waals surface area (Å²) >= 11 is 0. The molecule has 0 bridgehead atoms. The van der Waals surface area contributed by atoms with E-state index in [1.165, 1.54) is 25.7 Å². The van der Waals surface area contributed by atoms with E-state index in [9.17, 15) is 0 Å². The molecule has 0 aliphatic carbocycles. The first kappa shape index (κ1) is 14.0. The van der Waals surface area contributed by atoms with Crippen molar-refractivity contribution in [2.75, 3.05) is 6.54 Å². The van der Waals surface area contributed by atoms with Gasteiger partial charge in [-0.1, -0.05) is 53.9 Å². The fourth-order valence-electron chi connectivity index (χ4n) is 2.22. The Morgan fingerprint density at radius 2 is 1.79 bits per heavy atom. The molecule has 0 rings (SSSR count). The van der Waals surface area contributed by atoms with Crippen molar-refractivity contribution in [3.63, 3.8) is 0 Å². The number of rotatable bonds is 7. The van der Waals surface area contributed by atoms with Crippen LogP contribution in [-0.4, -0.2) is 6.54 Å². The molecule has 1 heteroatoms. The third-order valence-corrected chi connectivity index (χ3v) is 3.94. The summed E-state index contributed by atoms with van der Waals surface area (Å²) < 4.78 is 0. The van der Waals surface area contributed by atoms with Gasteiger partial charge < -0.3 is 5.73 Å². The molecule has 2 N–H and O–H groups in total. The predicted octanol–water partition coefficient (Wildman–Crippen LogP) is 3.82. The lowest BCUT2D eigenvalue weighted by Crippen LogP contribution is -2.32. The topological polar surface area (TPSA) is 26.0 Å². The van der Waals surface area contributed by atoms with Crippen LogP contribution in [0.5, 0.6) is 0 Å². The van der Waals surface area contributed by atoms with Gasteiger partial charge in [0.25, 0.3) is 0 Å². The zero-order valence-corrected chi connectivity index (χ0v) is 10.8. The van der Waals surface area contributed by atoms with Gasteiger partial charge in [0.15, 0.2) is 0 Å². The molecule has 0 aromatic heterocycles. The second-order valence-electron chi connectivity index (χ2n) is 5.28. The molecule has 0 heterocycles. The van der Waals surface area contributed by atoms with E-state index < -0.39 is 0 Å². The highest BCUT2D eigenvalue weighted by Gasteiger charge is 2.29. The summed E-state index contributed by atoms with van der Waals surface area (Å²) in [6.45, 7) is 12.5. The highest BCUT2D eigenvalue weighted by Crippen LogP contribution is 2.37. The highest BCUT2D eigenvalue weighted by molar-refractivity contribution is 4.80. The van der Waals surface area contributed by atoms with Gasteiger partial charge in [-0.15, -0.1) is 0 Å². The maximum Gasteiger partial charge on any atom is -0.00462 e. The summed E-state index contributed by atoms with van der Waals surface area (Å²) in [5.74, 6) is 1.44. The predicted molar refractivity (Wildman–Crippen MR) is 65.3 cm³/mol. The van der Waals surface area contributed by atoms with E-state index in [0.717, 1.165) is 12.5 Å². The molecule has 0 fully saturated rings. The van der Waals surface area contributed by atoms with Gasteiger partial charge in [-0.25, -0.2) is 0 Å². The summed E-state index contributed by atoms with van der Waals surface area (Å²) in [7, 11) is 0. The molecule has 0 aliphatic heterocycles. The normalized spacial score (nSPS) is 16.7. The molecule has 14 heavy (non-hydrogen) atoms. The zero-order valence-electron chi connectivity index (χ0n) is 10.8. The fourth-order valence-corrected chi connectivity index (χ4v) is 2.22. The van der Waals surface area contributed by atoms with Crippen LogP contribution >= 0.6 is 0 Å². The molecule has 0 aliphatic rings. The summed E-state index contributed by atoms with van der Waals surface area (Å²) in [6.07, 6.45) is 5.20. The molecule has 0 amide bonds. The van der Waals surface area contributed by atoms with Crippen molar-refractivity contribution in [3.8, 4) is 0 Å². The van der Waals surface area contributed by atoms with Crippen molar-refractivity contribution in [2.24, 2.45) is 23.0 Å². The van der Waals surface area contributed by atoms with Crippen LogP contribution in [0.1, 0.15) is 60.3 Å². The molecule has 0 saturated carbocycles. The Bertz CT molecular complexity index is 136. The molecular formula is C13H29N. The molecule has 0 spiro atoms. The maximum atomic E-state index is 5.81. The van der Waals surface area contributed by atoms with Gasteiger partial charge in [0.1, 0.15) is 0 Å². The van der Waals surface area contributed by atoms with Crippen LogP contribution < -0.4 is 5.73 Å². The molecule has 2 atom stereocenters. The number of hydrogen-bond donors (Lipinski definition) is 1. The Balaban J connectivity index is 4.23. The van der Waals surface area contributed by atoms with Crippen LogP contribution in [-0.2, 0) is 0 Å². The number of nitrogens with two attached hydrogens (primary N) is 1. The van der Waals surface area contributed by atoms with Crippen molar-refractivity contribution in [3.05, 3.63) is 0 Å². The van der Waals surface area contributed by atoms with Gasteiger partial charge in [-0.2, -0.15) is 0 Å². The average molecular weight is 199 g/mol. The van der Waals surface area contributed by atoms with Gasteiger partial charge in [0.05, 0.1) is 0 Å². The van der Waals surface area contributed by atoms with E-state index in [-0.39, 0.29) is 0 Å². The van der Waals surface area contributed by atoms with Gasteiger partial charge in [-0.05, 0) is 30.2 Å². The Morgan fingerprint density at radius 1 is 1.21 bits per heavy atom. The van der Waals surface area contributed by atoms with Gasteiger partial charge >= 0.3 is 0 Å². The first-order valence-electron chi connectivity index (χ1n) is 6.19. The third kappa shape index (κ3) is 4.00. The lowest BCUT2D eigenvalue weighted by Gasteiger charge is -2.37. The second-order valence-corrected chi connectivity index (χ2v) is 5.28. The van der Waals surface area contributed by atoms with Crippen LogP contribution in [0.2, 0.25) is 0 Å². The Hall–Kier alpha value is -0.0400. The van der Waals surface area contributed by atoms with E-state index in [1.54, 1.807) is 0 Å². The van der Waals surface area contributed by atoms with Gasteiger partial charge in [-0.3, -0.25) is 0 Å². The fraction of sp³-hybridized carbons (Fsp3) is 1.00. The van der Waals surface area contributed by atoms with Gasteiger partial charge in [0, 0.05) is 0 Å². The lowest BCUT2D eigenvalue weighted by molar-refractivity contribution is 0.140. The first-order valence-corrected chi connectivity index (χ1v) is 6.19. The monoisotopic (exact) mass is 199 g/mol.